The highest BCUT2D eigenvalue weighted by atomic mass is 35.5. The minimum Gasteiger partial charge on any atom is -0.338 e. The molecule has 6 nitrogen and oxygen atoms in total. The monoisotopic (exact) mass is 437 g/mol. The van der Waals surface area contributed by atoms with E-state index in [4.69, 9.17) is 11.6 Å². The first-order valence-electron chi connectivity index (χ1n) is 10.3. The van der Waals surface area contributed by atoms with Gasteiger partial charge in [0.15, 0.2) is 5.82 Å². The first-order chi connectivity index (χ1) is 15.1. The van der Waals surface area contributed by atoms with Crippen LogP contribution in [0.5, 0.6) is 0 Å². The van der Waals surface area contributed by atoms with Crippen molar-refractivity contribution < 1.29 is 9.18 Å². The number of aryl methyl sites for hydroxylation is 1. The van der Waals surface area contributed by atoms with Crippen molar-refractivity contribution in [2.24, 2.45) is 0 Å². The number of hydrogen-bond acceptors (Lipinski definition) is 3. The van der Waals surface area contributed by atoms with Crippen LogP contribution in [-0.2, 0) is 24.3 Å². The third kappa shape index (κ3) is 3.93. The second-order valence-corrected chi connectivity index (χ2v) is 8.23. The Kier molecular flexibility index (Phi) is 5.19. The maximum Gasteiger partial charge on any atom is 0.244 e. The van der Waals surface area contributed by atoms with Gasteiger partial charge in [-0.25, -0.2) is 4.39 Å². The van der Waals surface area contributed by atoms with E-state index in [0.29, 0.717) is 10.8 Å². The van der Waals surface area contributed by atoms with Crippen molar-refractivity contribution >= 4 is 34.1 Å². The standard InChI is InChI=1S/C23H21ClFN5O/c24-17-7-5-15-9-11-29(20(15)13-17)14-22(31)26-19-12-16(6-8-18(19)25)23-28-27-21-4-2-1-3-10-30(21)23/h5-9,11-13H,1-4,10,14H2,(H,26,31). The highest BCUT2D eigenvalue weighted by Crippen LogP contribution is 2.27. The van der Waals surface area contributed by atoms with E-state index in [2.05, 4.69) is 20.1 Å². The van der Waals surface area contributed by atoms with Crippen LogP contribution in [0.15, 0.2) is 48.7 Å². The molecule has 2 aromatic carbocycles. The number of carbonyl (C=O) groups excluding carboxylic acids is 1. The SMILES string of the molecule is O=C(Cn1ccc2ccc(Cl)cc21)Nc1cc(-c2nnc3n2CCCCC3)ccc1F. The third-order valence-corrected chi connectivity index (χ3v) is 5.89. The van der Waals surface area contributed by atoms with E-state index in [1.54, 1.807) is 22.8 Å². The summed E-state index contributed by atoms with van der Waals surface area (Å²) < 4.78 is 18.4. The number of rotatable bonds is 4. The van der Waals surface area contributed by atoms with Gasteiger partial charge in [0.25, 0.3) is 0 Å². The molecule has 0 atom stereocenters. The molecule has 1 aliphatic heterocycles. The van der Waals surface area contributed by atoms with Crippen molar-refractivity contribution in [3.8, 4) is 11.4 Å². The highest BCUT2D eigenvalue weighted by Gasteiger charge is 2.18. The fraction of sp³-hybridized carbons (Fsp3) is 0.261. The number of amides is 1. The summed E-state index contributed by atoms with van der Waals surface area (Å²) in [5.41, 5.74) is 1.71. The average molecular weight is 438 g/mol. The topological polar surface area (TPSA) is 64.7 Å². The number of nitrogens with one attached hydrogen (secondary N) is 1. The molecule has 0 saturated carbocycles. The smallest absolute Gasteiger partial charge is 0.244 e. The van der Waals surface area contributed by atoms with Crippen LogP contribution in [-0.4, -0.2) is 25.2 Å². The van der Waals surface area contributed by atoms with Crippen LogP contribution in [0.2, 0.25) is 5.02 Å². The molecular formula is C23H21ClFN5O. The maximum atomic E-state index is 14.5. The lowest BCUT2D eigenvalue weighted by atomic mass is 10.1. The molecule has 2 aromatic heterocycles. The fourth-order valence-electron chi connectivity index (χ4n) is 4.10. The predicted molar refractivity (Wildman–Crippen MR) is 119 cm³/mol. The van der Waals surface area contributed by atoms with Gasteiger partial charge in [-0.05, 0) is 54.6 Å². The van der Waals surface area contributed by atoms with Gasteiger partial charge in [0.2, 0.25) is 5.91 Å². The molecule has 0 spiro atoms. The number of aromatic nitrogens is 4. The molecule has 0 fully saturated rings. The molecule has 31 heavy (non-hydrogen) atoms. The van der Waals surface area contributed by atoms with E-state index < -0.39 is 5.82 Å². The molecular weight excluding hydrogens is 417 g/mol. The molecule has 158 valence electrons. The Morgan fingerprint density at radius 3 is 2.90 bits per heavy atom. The Bertz CT molecular complexity index is 1280. The number of benzene rings is 2. The number of hydrogen-bond donors (Lipinski definition) is 1. The molecule has 3 heterocycles. The van der Waals surface area contributed by atoms with Crippen LogP contribution >= 0.6 is 11.6 Å². The first-order valence-corrected chi connectivity index (χ1v) is 10.7. The summed E-state index contributed by atoms with van der Waals surface area (Å²) in [5, 5.41) is 12.9. The number of carbonyl (C=O) groups is 1. The molecule has 8 heteroatoms. The van der Waals surface area contributed by atoms with E-state index in [1.807, 2.05) is 24.4 Å². The highest BCUT2D eigenvalue weighted by molar-refractivity contribution is 6.31. The quantitative estimate of drug-likeness (QED) is 0.485. The largest absolute Gasteiger partial charge is 0.338 e. The number of nitrogens with zero attached hydrogens (tertiary/aromatic N) is 4. The summed E-state index contributed by atoms with van der Waals surface area (Å²) in [6.07, 6.45) is 6.04. The van der Waals surface area contributed by atoms with Gasteiger partial charge in [-0.1, -0.05) is 24.1 Å². The van der Waals surface area contributed by atoms with Gasteiger partial charge >= 0.3 is 0 Å². The fourth-order valence-corrected chi connectivity index (χ4v) is 4.26. The number of halogens is 2. The molecule has 5 rings (SSSR count). The van der Waals surface area contributed by atoms with E-state index in [9.17, 15) is 9.18 Å². The van der Waals surface area contributed by atoms with Gasteiger partial charge in [0, 0.05) is 35.3 Å². The van der Waals surface area contributed by atoms with Crippen molar-refractivity contribution in [3.05, 3.63) is 65.3 Å². The number of anilines is 1. The first kappa shape index (κ1) is 19.8. The summed E-state index contributed by atoms with van der Waals surface area (Å²) in [7, 11) is 0. The van der Waals surface area contributed by atoms with E-state index >= 15 is 0 Å². The second kappa shape index (κ2) is 8.15. The lowest BCUT2D eigenvalue weighted by molar-refractivity contribution is -0.116. The zero-order valence-corrected chi connectivity index (χ0v) is 17.6. The predicted octanol–water partition coefficient (Wildman–Crippen LogP) is 5.06. The van der Waals surface area contributed by atoms with E-state index in [1.165, 1.54) is 6.07 Å². The summed E-state index contributed by atoms with van der Waals surface area (Å²) in [6.45, 7) is 0.897. The average Bonchev–Trinajstić information content (AvgIpc) is 3.25. The van der Waals surface area contributed by atoms with Gasteiger partial charge in [-0.15, -0.1) is 10.2 Å². The zero-order valence-electron chi connectivity index (χ0n) is 16.8. The van der Waals surface area contributed by atoms with Crippen molar-refractivity contribution in [2.45, 2.75) is 38.8 Å². The van der Waals surface area contributed by atoms with Crippen molar-refractivity contribution in [3.63, 3.8) is 0 Å². The minimum absolute atomic E-state index is 0.0494. The van der Waals surface area contributed by atoms with E-state index in [0.717, 1.165) is 54.5 Å². The Labute approximate surface area is 183 Å². The Balaban J connectivity index is 1.39. The lowest BCUT2D eigenvalue weighted by Gasteiger charge is -2.11. The Morgan fingerprint density at radius 2 is 2.00 bits per heavy atom. The molecule has 0 bridgehead atoms. The second-order valence-electron chi connectivity index (χ2n) is 7.79. The summed E-state index contributed by atoms with van der Waals surface area (Å²) >= 11 is 6.09. The maximum absolute atomic E-state index is 14.5. The molecule has 0 unspecified atom stereocenters. The van der Waals surface area contributed by atoms with Crippen LogP contribution < -0.4 is 5.32 Å². The zero-order chi connectivity index (χ0) is 21.4. The molecule has 0 radical (unpaired) electrons. The summed E-state index contributed by atoms with van der Waals surface area (Å²) in [5.74, 6) is 0.848. The van der Waals surface area contributed by atoms with Crippen LogP contribution in [0, 0.1) is 5.82 Å². The molecule has 1 aliphatic rings. The normalized spacial score (nSPS) is 13.7. The Hall–Kier alpha value is -3.19. The van der Waals surface area contributed by atoms with Crippen LogP contribution in [0.3, 0.4) is 0 Å². The van der Waals surface area contributed by atoms with E-state index in [-0.39, 0.29) is 18.1 Å². The Morgan fingerprint density at radius 1 is 1.10 bits per heavy atom. The lowest BCUT2D eigenvalue weighted by Crippen LogP contribution is -2.19. The molecule has 1 amide bonds. The van der Waals surface area contributed by atoms with Crippen LogP contribution in [0.25, 0.3) is 22.3 Å². The van der Waals surface area contributed by atoms with Gasteiger partial charge in [-0.3, -0.25) is 4.79 Å². The molecule has 0 aliphatic carbocycles. The van der Waals surface area contributed by atoms with Gasteiger partial charge in [0.1, 0.15) is 18.2 Å². The minimum atomic E-state index is -0.492. The third-order valence-electron chi connectivity index (χ3n) is 5.66. The van der Waals surface area contributed by atoms with Gasteiger partial charge in [-0.2, -0.15) is 0 Å². The summed E-state index contributed by atoms with van der Waals surface area (Å²) in [4.78, 5) is 12.7. The summed E-state index contributed by atoms with van der Waals surface area (Å²) in [6, 6.07) is 12.1. The number of fused-ring (bicyclic) bond motifs is 2. The van der Waals surface area contributed by atoms with Gasteiger partial charge < -0.3 is 14.5 Å². The van der Waals surface area contributed by atoms with Crippen molar-refractivity contribution in [1.29, 1.82) is 0 Å². The molecule has 4 aromatic rings. The van der Waals surface area contributed by atoms with Gasteiger partial charge in [0.05, 0.1) is 5.69 Å². The molecule has 0 saturated heterocycles. The van der Waals surface area contributed by atoms with Crippen LogP contribution in [0.1, 0.15) is 25.1 Å². The van der Waals surface area contributed by atoms with Crippen LogP contribution in [0.4, 0.5) is 10.1 Å². The van der Waals surface area contributed by atoms with Crippen molar-refractivity contribution in [2.75, 3.05) is 5.32 Å². The molecule has 1 N–H and O–H groups in total. The van der Waals surface area contributed by atoms with Crippen molar-refractivity contribution in [1.82, 2.24) is 19.3 Å².